The molecule has 0 aliphatic rings. The molecule has 0 unspecified atom stereocenters. The fourth-order valence-corrected chi connectivity index (χ4v) is 4.43. The second-order valence-electron chi connectivity index (χ2n) is 5.96. The van der Waals surface area contributed by atoms with E-state index < -0.39 is 10.0 Å². The normalized spacial score (nSPS) is 11.4. The lowest BCUT2D eigenvalue weighted by molar-refractivity contribution is 0.480. The number of nitrogens with one attached hydrogen (secondary N) is 4. The van der Waals surface area contributed by atoms with Crippen LogP contribution in [-0.4, -0.2) is 39.7 Å². The Balaban J connectivity index is 1.92. The van der Waals surface area contributed by atoms with E-state index >= 15 is 0 Å². The van der Waals surface area contributed by atoms with E-state index in [1.807, 2.05) is 0 Å². The summed E-state index contributed by atoms with van der Waals surface area (Å²) in [5.41, 5.74) is 3.48. The molecule has 0 radical (unpaired) electrons. The van der Waals surface area contributed by atoms with Gasteiger partial charge in [0.15, 0.2) is 10.9 Å². The standard InChI is InChI=1S/C17H22N6O3S2/c1-19-11-12(20-2)15(24)14(21-3)16-13(11)23-17(27-16)22-8-9-4-6-10(7-5-9)28(18,25)26/h4-7,19-21,24H,8H2,1-3H3,(H,22,23)(H2,18,25,26). The smallest absolute Gasteiger partial charge is 0.238 e. The number of thiazole rings is 1. The van der Waals surface area contributed by atoms with Gasteiger partial charge in [0, 0.05) is 27.7 Å². The van der Waals surface area contributed by atoms with Gasteiger partial charge in [-0.2, -0.15) is 0 Å². The minimum Gasteiger partial charge on any atom is -0.504 e. The van der Waals surface area contributed by atoms with Gasteiger partial charge in [-0.15, -0.1) is 0 Å². The maximum absolute atomic E-state index is 11.3. The molecule has 0 aliphatic heterocycles. The number of fused-ring (bicyclic) bond motifs is 1. The van der Waals surface area contributed by atoms with Crippen LogP contribution in [0.2, 0.25) is 0 Å². The number of anilines is 4. The Morgan fingerprint density at radius 1 is 1.04 bits per heavy atom. The van der Waals surface area contributed by atoms with Crippen molar-refractivity contribution in [2.75, 3.05) is 42.4 Å². The number of primary sulfonamides is 1. The summed E-state index contributed by atoms with van der Waals surface area (Å²) >= 11 is 1.41. The van der Waals surface area contributed by atoms with Crippen LogP contribution in [0.3, 0.4) is 0 Å². The molecule has 0 saturated carbocycles. The summed E-state index contributed by atoms with van der Waals surface area (Å²) in [5, 5.41) is 28.7. The van der Waals surface area contributed by atoms with Gasteiger partial charge in [0.2, 0.25) is 10.0 Å². The van der Waals surface area contributed by atoms with Gasteiger partial charge in [-0.05, 0) is 17.7 Å². The Hall–Kier alpha value is -2.76. The number of phenolic OH excluding ortho intramolecular Hbond substituents is 1. The van der Waals surface area contributed by atoms with Crippen LogP contribution in [0.5, 0.6) is 5.75 Å². The van der Waals surface area contributed by atoms with E-state index in [1.54, 1.807) is 33.3 Å². The fraction of sp³-hybridized carbons (Fsp3) is 0.235. The first-order valence-electron chi connectivity index (χ1n) is 8.38. The molecule has 0 aliphatic carbocycles. The fourth-order valence-electron chi connectivity index (χ4n) is 2.90. The number of nitrogens with zero attached hydrogens (tertiary/aromatic N) is 1. The molecule has 3 rings (SSSR count). The minimum absolute atomic E-state index is 0.0728. The lowest BCUT2D eigenvalue weighted by atomic mass is 10.2. The van der Waals surface area contributed by atoms with Crippen LogP contribution in [0.4, 0.5) is 22.2 Å². The van der Waals surface area contributed by atoms with Crippen LogP contribution in [0.25, 0.3) is 10.2 Å². The van der Waals surface area contributed by atoms with Gasteiger partial charge in [-0.25, -0.2) is 18.5 Å². The van der Waals surface area contributed by atoms with Crippen LogP contribution >= 0.6 is 11.3 Å². The van der Waals surface area contributed by atoms with Crippen LogP contribution in [0, 0.1) is 0 Å². The molecule has 150 valence electrons. The van der Waals surface area contributed by atoms with Crippen molar-refractivity contribution in [2.24, 2.45) is 5.14 Å². The van der Waals surface area contributed by atoms with Crippen LogP contribution in [0.15, 0.2) is 29.2 Å². The van der Waals surface area contributed by atoms with Crippen molar-refractivity contribution in [1.82, 2.24) is 4.98 Å². The van der Waals surface area contributed by atoms with Crippen molar-refractivity contribution in [3.63, 3.8) is 0 Å². The number of hydrogen-bond donors (Lipinski definition) is 6. The Morgan fingerprint density at radius 3 is 2.18 bits per heavy atom. The first-order valence-corrected chi connectivity index (χ1v) is 10.7. The largest absolute Gasteiger partial charge is 0.504 e. The zero-order valence-corrected chi connectivity index (χ0v) is 17.3. The Labute approximate surface area is 167 Å². The van der Waals surface area contributed by atoms with Crippen molar-refractivity contribution in [3.8, 4) is 5.75 Å². The number of benzene rings is 2. The van der Waals surface area contributed by atoms with E-state index in [2.05, 4.69) is 26.3 Å². The summed E-state index contributed by atoms with van der Waals surface area (Å²) in [6, 6.07) is 6.34. The van der Waals surface area contributed by atoms with Crippen LogP contribution in [0.1, 0.15) is 5.56 Å². The highest BCUT2D eigenvalue weighted by Gasteiger charge is 2.21. The van der Waals surface area contributed by atoms with Crippen molar-refractivity contribution < 1.29 is 13.5 Å². The third-order valence-corrected chi connectivity index (χ3v) is 6.22. The number of aromatic hydroxyl groups is 1. The average Bonchev–Trinajstić information content (AvgIpc) is 3.08. The molecule has 1 heterocycles. The van der Waals surface area contributed by atoms with Crippen LogP contribution in [-0.2, 0) is 16.6 Å². The lowest BCUT2D eigenvalue weighted by Crippen LogP contribution is -2.12. The predicted molar refractivity (Wildman–Crippen MR) is 115 cm³/mol. The number of aromatic nitrogens is 1. The van der Waals surface area contributed by atoms with Crippen LogP contribution < -0.4 is 26.4 Å². The molecule has 0 bridgehead atoms. The molecular formula is C17H22N6O3S2. The van der Waals surface area contributed by atoms with E-state index in [1.165, 1.54) is 23.5 Å². The van der Waals surface area contributed by atoms with E-state index in [0.717, 1.165) is 15.8 Å². The minimum atomic E-state index is -3.70. The van der Waals surface area contributed by atoms with E-state index in [-0.39, 0.29) is 10.6 Å². The molecule has 2 aromatic carbocycles. The van der Waals surface area contributed by atoms with Crippen molar-refractivity contribution in [3.05, 3.63) is 29.8 Å². The number of rotatable bonds is 7. The molecule has 0 amide bonds. The first-order chi connectivity index (χ1) is 13.3. The van der Waals surface area contributed by atoms with Gasteiger partial charge >= 0.3 is 0 Å². The van der Waals surface area contributed by atoms with Gasteiger partial charge in [-0.1, -0.05) is 23.5 Å². The van der Waals surface area contributed by atoms with Gasteiger partial charge in [0.1, 0.15) is 11.2 Å². The maximum Gasteiger partial charge on any atom is 0.238 e. The summed E-state index contributed by atoms with van der Waals surface area (Å²) in [6.07, 6.45) is 0. The quantitative estimate of drug-likeness (QED) is 0.319. The van der Waals surface area contributed by atoms with E-state index in [0.29, 0.717) is 28.7 Å². The maximum atomic E-state index is 11.3. The Bertz CT molecular complexity index is 1110. The summed E-state index contributed by atoms with van der Waals surface area (Å²) in [5.74, 6) is 0.121. The van der Waals surface area contributed by atoms with Gasteiger partial charge in [0.05, 0.1) is 21.0 Å². The molecule has 7 N–H and O–H groups in total. The summed E-state index contributed by atoms with van der Waals surface area (Å²) in [4.78, 5) is 4.72. The number of sulfonamides is 1. The lowest BCUT2D eigenvalue weighted by Gasteiger charge is -2.15. The van der Waals surface area contributed by atoms with Gasteiger partial charge in [0.25, 0.3) is 0 Å². The second-order valence-corrected chi connectivity index (χ2v) is 8.52. The Kier molecular flexibility index (Phi) is 5.49. The molecule has 28 heavy (non-hydrogen) atoms. The molecule has 1 aromatic heterocycles. The molecule has 9 nitrogen and oxygen atoms in total. The summed E-state index contributed by atoms with van der Waals surface area (Å²) in [7, 11) is 1.54. The zero-order valence-electron chi connectivity index (χ0n) is 15.6. The first kappa shape index (κ1) is 20.0. The SMILES string of the molecule is CNc1c(O)c(NC)c2sc(NCc3ccc(S(N)(=O)=O)cc3)nc2c1NC. The predicted octanol–water partition coefficient (Wildman–Crippen LogP) is 2.39. The molecule has 0 spiro atoms. The van der Waals surface area contributed by atoms with Gasteiger partial charge < -0.3 is 26.4 Å². The molecule has 0 saturated heterocycles. The third kappa shape index (κ3) is 3.63. The Morgan fingerprint density at radius 2 is 1.64 bits per heavy atom. The summed E-state index contributed by atoms with van der Waals surface area (Å²) in [6.45, 7) is 0.458. The number of nitrogens with two attached hydrogens (primary N) is 1. The highest BCUT2D eigenvalue weighted by Crippen LogP contribution is 2.48. The highest BCUT2D eigenvalue weighted by molar-refractivity contribution is 7.89. The second kappa shape index (κ2) is 7.70. The van der Waals surface area contributed by atoms with Gasteiger partial charge in [-0.3, -0.25) is 0 Å². The topological polar surface area (TPSA) is 141 Å². The molecular weight excluding hydrogens is 400 g/mol. The van der Waals surface area contributed by atoms with Crippen molar-refractivity contribution in [1.29, 1.82) is 0 Å². The monoisotopic (exact) mass is 422 g/mol. The highest BCUT2D eigenvalue weighted by atomic mass is 32.2. The average molecular weight is 423 g/mol. The zero-order chi connectivity index (χ0) is 20.5. The van der Waals surface area contributed by atoms with E-state index in [4.69, 9.17) is 5.14 Å². The van der Waals surface area contributed by atoms with Crippen molar-refractivity contribution in [2.45, 2.75) is 11.4 Å². The third-order valence-electron chi connectivity index (χ3n) is 4.26. The summed E-state index contributed by atoms with van der Waals surface area (Å²) < 4.78 is 23.5. The number of hydrogen-bond acceptors (Lipinski definition) is 9. The van der Waals surface area contributed by atoms with E-state index in [9.17, 15) is 13.5 Å². The molecule has 3 aromatic rings. The molecule has 11 heteroatoms. The molecule has 0 atom stereocenters. The number of phenols is 1. The molecule has 0 fully saturated rings. The van der Waals surface area contributed by atoms with Crippen molar-refractivity contribution >= 4 is 53.8 Å².